The van der Waals surface area contributed by atoms with Crippen molar-refractivity contribution in [1.82, 2.24) is 5.32 Å². The van der Waals surface area contributed by atoms with Crippen molar-refractivity contribution in [1.29, 1.82) is 0 Å². The van der Waals surface area contributed by atoms with Gasteiger partial charge >= 0.3 is 0 Å². The van der Waals surface area contributed by atoms with Crippen LogP contribution in [0.3, 0.4) is 0 Å². The molecule has 0 saturated carbocycles. The fourth-order valence-electron chi connectivity index (χ4n) is 2.08. The van der Waals surface area contributed by atoms with Gasteiger partial charge in [0.05, 0.1) is 0 Å². The average molecular weight is 265 g/mol. The van der Waals surface area contributed by atoms with Crippen LogP contribution in [0.2, 0.25) is 0 Å². The quantitative estimate of drug-likeness (QED) is 0.620. The predicted molar refractivity (Wildman–Crippen MR) is 81.6 cm³/mol. The van der Waals surface area contributed by atoms with Gasteiger partial charge in [0, 0.05) is 29.0 Å². The first-order valence-corrected chi connectivity index (χ1v) is 7.44. The van der Waals surface area contributed by atoms with Gasteiger partial charge < -0.3 is 5.32 Å². The number of thiophene rings is 1. The third-order valence-electron chi connectivity index (χ3n) is 3.07. The number of hydrogen-bond acceptors (Lipinski definition) is 3. The lowest BCUT2D eigenvalue weighted by Gasteiger charge is -2.25. The molecule has 0 radical (unpaired) electrons. The summed E-state index contributed by atoms with van der Waals surface area (Å²) >= 11 is 6.06. The Balaban J connectivity index is 2.25. The molecule has 0 saturated heterocycles. The summed E-state index contributed by atoms with van der Waals surface area (Å²) in [5, 5.41) is 7.15. The average Bonchev–Trinajstić information content (AvgIpc) is 2.73. The first kappa shape index (κ1) is 12.9. The summed E-state index contributed by atoms with van der Waals surface area (Å²) in [7, 11) is 0. The third kappa shape index (κ3) is 2.84. The number of hydrogen-bond donors (Lipinski definition) is 2. The van der Waals surface area contributed by atoms with E-state index in [0.29, 0.717) is 0 Å². The van der Waals surface area contributed by atoms with E-state index in [4.69, 9.17) is 0 Å². The first-order valence-electron chi connectivity index (χ1n) is 5.93. The number of thiol groups is 1. The molecule has 2 rings (SSSR count). The minimum atomic E-state index is 0.169. The van der Waals surface area contributed by atoms with Crippen LogP contribution in [0.25, 0.3) is 10.1 Å². The Bertz CT molecular complexity index is 488. The van der Waals surface area contributed by atoms with Crippen LogP contribution in [0.15, 0.2) is 29.6 Å². The monoisotopic (exact) mass is 265 g/mol. The fraction of sp³-hybridized carbons (Fsp3) is 0.429. The lowest BCUT2D eigenvalue weighted by molar-refractivity contribution is 0.483. The largest absolute Gasteiger partial charge is 0.315 e. The summed E-state index contributed by atoms with van der Waals surface area (Å²) in [5.41, 5.74) is 1.62. The van der Waals surface area contributed by atoms with Crippen molar-refractivity contribution >= 4 is 34.1 Å². The van der Waals surface area contributed by atoms with Gasteiger partial charge in [0.2, 0.25) is 0 Å². The Morgan fingerprint density at radius 3 is 2.82 bits per heavy atom. The highest BCUT2D eigenvalue weighted by atomic mass is 32.1. The van der Waals surface area contributed by atoms with E-state index < -0.39 is 0 Å². The van der Waals surface area contributed by atoms with E-state index in [9.17, 15) is 0 Å². The standard InChI is InChI=1S/C14H19NS2/c1-14(2,10-15-7-8-16)12-9-17-13-6-4-3-5-11(12)13/h3-6,9,15-16H,7-8,10H2,1-2H3. The summed E-state index contributed by atoms with van der Waals surface area (Å²) < 4.78 is 1.38. The molecule has 0 aliphatic heterocycles. The van der Waals surface area contributed by atoms with Gasteiger partial charge in [-0.15, -0.1) is 11.3 Å². The molecular weight excluding hydrogens is 246 g/mol. The van der Waals surface area contributed by atoms with Crippen LogP contribution in [0, 0.1) is 0 Å². The molecule has 1 aromatic carbocycles. The van der Waals surface area contributed by atoms with Crippen molar-refractivity contribution in [3.05, 3.63) is 35.2 Å². The maximum Gasteiger partial charge on any atom is 0.0345 e. The Kier molecular flexibility index (Phi) is 4.13. The van der Waals surface area contributed by atoms with Gasteiger partial charge in [-0.1, -0.05) is 32.0 Å². The molecule has 0 aliphatic rings. The highest BCUT2D eigenvalue weighted by Crippen LogP contribution is 2.34. The van der Waals surface area contributed by atoms with E-state index in [1.54, 1.807) is 0 Å². The van der Waals surface area contributed by atoms with Crippen molar-refractivity contribution in [2.24, 2.45) is 0 Å². The number of rotatable bonds is 5. The van der Waals surface area contributed by atoms with Crippen LogP contribution in [-0.4, -0.2) is 18.8 Å². The van der Waals surface area contributed by atoms with Crippen molar-refractivity contribution in [3.63, 3.8) is 0 Å². The molecule has 0 fully saturated rings. The van der Waals surface area contributed by atoms with Gasteiger partial charge in [-0.05, 0) is 22.4 Å². The second-order valence-electron chi connectivity index (χ2n) is 4.93. The highest BCUT2D eigenvalue weighted by molar-refractivity contribution is 7.80. The molecule has 92 valence electrons. The molecule has 0 aliphatic carbocycles. The molecule has 2 aromatic rings. The summed E-state index contributed by atoms with van der Waals surface area (Å²) in [6.07, 6.45) is 0. The molecular formula is C14H19NS2. The van der Waals surface area contributed by atoms with Crippen molar-refractivity contribution < 1.29 is 0 Å². The van der Waals surface area contributed by atoms with Crippen LogP contribution < -0.4 is 5.32 Å². The minimum Gasteiger partial charge on any atom is -0.315 e. The second kappa shape index (κ2) is 5.42. The van der Waals surface area contributed by atoms with Crippen molar-refractivity contribution in [3.8, 4) is 0 Å². The topological polar surface area (TPSA) is 12.0 Å². The molecule has 1 aromatic heterocycles. The lowest BCUT2D eigenvalue weighted by Crippen LogP contribution is -2.33. The molecule has 0 atom stereocenters. The molecule has 3 heteroatoms. The van der Waals surface area contributed by atoms with Crippen molar-refractivity contribution in [2.45, 2.75) is 19.3 Å². The van der Waals surface area contributed by atoms with E-state index in [-0.39, 0.29) is 5.41 Å². The number of nitrogens with one attached hydrogen (secondary N) is 1. The van der Waals surface area contributed by atoms with Crippen LogP contribution in [0.1, 0.15) is 19.4 Å². The number of fused-ring (bicyclic) bond motifs is 1. The summed E-state index contributed by atoms with van der Waals surface area (Å²) in [6, 6.07) is 8.65. The molecule has 0 spiro atoms. The number of benzene rings is 1. The Hall–Kier alpha value is -0.510. The van der Waals surface area contributed by atoms with Gasteiger partial charge in [-0.25, -0.2) is 0 Å². The van der Waals surface area contributed by atoms with Crippen LogP contribution >= 0.6 is 24.0 Å². The Labute approximate surface area is 113 Å². The van der Waals surface area contributed by atoms with E-state index in [2.05, 4.69) is 61.4 Å². The van der Waals surface area contributed by atoms with E-state index in [0.717, 1.165) is 18.8 Å². The molecule has 17 heavy (non-hydrogen) atoms. The molecule has 0 unspecified atom stereocenters. The Morgan fingerprint density at radius 2 is 2.06 bits per heavy atom. The maximum absolute atomic E-state index is 4.22. The normalized spacial score (nSPS) is 12.2. The fourth-order valence-corrected chi connectivity index (χ4v) is 3.39. The van der Waals surface area contributed by atoms with Gasteiger partial charge in [0.1, 0.15) is 0 Å². The third-order valence-corrected chi connectivity index (χ3v) is 4.25. The SMILES string of the molecule is CC(C)(CNCCS)c1csc2ccccc12. The first-order chi connectivity index (χ1) is 8.15. The highest BCUT2D eigenvalue weighted by Gasteiger charge is 2.23. The van der Waals surface area contributed by atoms with Crippen LogP contribution in [0.5, 0.6) is 0 Å². The molecule has 1 nitrogen and oxygen atoms in total. The lowest BCUT2D eigenvalue weighted by atomic mass is 9.84. The van der Waals surface area contributed by atoms with Gasteiger partial charge in [0.15, 0.2) is 0 Å². The zero-order chi connectivity index (χ0) is 12.3. The van der Waals surface area contributed by atoms with Gasteiger partial charge in [0.25, 0.3) is 0 Å². The van der Waals surface area contributed by atoms with Gasteiger partial charge in [-0.3, -0.25) is 0 Å². The minimum absolute atomic E-state index is 0.169. The van der Waals surface area contributed by atoms with E-state index in [1.165, 1.54) is 15.6 Å². The van der Waals surface area contributed by atoms with Crippen molar-refractivity contribution in [2.75, 3.05) is 18.8 Å². The summed E-state index contributed by atoms with van der Waals surface area (Å²) in [5.74, 6) is 0.889. The van der Waals surface area contributed by atoms with E-state index in [1.807, 2.05) is 11.3 Å². The second-order valence-corrected chi connectivity index (χ2v) is 6.29. The van der Waals surface area contributed by atoms with Gasteiger partial charge in [-0.2, -0.15) is 12.6 Å². The van der Waals surface area contributed by atoms with Crippen LogP contribution in [0.4, 0.5) is 0 Å². The zero-order valence-electron chi connectivity index (χ0n) is 10.4. The molecule has 0 bridgehead atoms. The predicted octanol–water partition coefficient (Wildman–Crippen LogP) is 3.70. The summed E-state index contributed by atoms with van der Waals surface area (Å²) in [6.45, 7) is 6.56. The maximum atomic E-state index is 4.22. The van der Waals surface area contributed by atoms with E-state index >= 15 is 0 Å². The smallest absolute Gasteiger partial charge is 0.0345 e. The zero-order valence-corrected chi connectivity index (χ0v) is 12.1. The summed E-state index contributed by atoms with van der Waals surface area (Å²) in [4.78, 5) is 0. The molecule has 1 N–H and O–H groups in total. The molecule has 0 amide bonds. The Morgan fingerprint density at radius 1 is 1.29 bits per heavy atom. The van der Waals surface area contributed by atoms with Crippen LogP contribution in [-0.2, 0) is 5.41 Å². The molecule has 1 heterocycles.